The molecule has 28 heavy (non-hydrogen) atoms. The molecule has 3 rings (SSSR count). The van der Waals surface area contributed by atoms with E-state index >= 15 is 0 Å². The van der Waals surface area contributed by atoms with Crippen LogP contribution in [-0.4, -0.2) is 35.2 Å². The van der Waals surface area contributed by atoms with Crippen molar-refractivity contribution in [3.63, 3.8) is 0 Å². The van der Waals surface area contributed by atoms with Gasteiger partial charge in [-0.15, -0.1) is 11.3 Å². The number of aryl methyl sites for hydroxylation is 2. The standard InChI is InChI=1S/C24H36N2OS/c1-7-27-23(5,6)24(13-12-21-9-8-16-28-21)14-15-26(18-24)22(3,4)20-11-10-19(2)25-17-20/h8-11,16-17H,7,12-15,18H2,1-6H3/t24-/m1/s1. The van der Waals surface area contributed by atoms with Crippen molar-refractivity contribution < 1.29 is 4.74 Å². The van der Waals surface area contributed by atoms with Crippen molar-refractivity contribution in [3.05, 3.63) is 52.0 Å². The highest BCUT2D eigenvalue weighted by molar-refractivity contribution is 7.09. The van der Waals surface area contributed by atoms with Gasteiger partial charge in [0, 0.05) is 40.9 Å². The van der Waals surface area contributed by atoms with Gasteiger partial charge in [0.25, 0.3) is 0 Å². The average Bonchev–Trinajstić information content (AvgIpc) is 3.31. The summed E-state index contributed by atoms with van der Waals surface area (Å²) >= 11 is 1.87. The molecule has 0 aromatic carbocycles. The maximum atomic E-state index is 6.33. The van der Waals surface area contributed by atoms with Gasteiger partial charge in [-0.25, -0.2) is 0 Å². The third kappa shape index (κ3) is 4.19. The first-order chi connectivity index (χ1) is 13.2. The monoisotopic (exact) mass is 400 g/mol. The Hall–Kier alpha value is -1.23. The number of ether oxygens (including phenoxy) is 1. The zero-order valence-corrected chi connectivity index (χ0v) is 19.2. The molecule has 1 saturated heterocycles. The van der Waals surface area contributed by atoms with Crippen molar-refractivity contribution in [2.24, 2.45) is 5.41 Å². The molecule has 3 nitrogen and oxygen atoms in total. The molecule has 154 valence electrons. The number of likely N-dealkylation sites (tertiary alicyclic amines) is 1. The third-order valence-electron chi connectivity index (χ3n) is 6.97. The van der Waals surface area contributed by atoms with E-state index in [-0.39, 0.29) is 16.6 Å². The topological polar surface area (TPSA) is 25.4 Å². The number of pyridine rings is 1. The minimum absolute atomic E-state index is 0.0341. The van der Waals surface area contributed by atoms with Crippen molar-refractivity contribution in [1.82, 2.24) is 9.88 Å². The molecule has 0 aliphatic carbocycles. The average molecular weight is 401 g/mol. The summed E-state index contributed by atoms with van der Waals surface area (Å²) in [7, 11) is 0. The van der Waals surface area contributed by atoms with E-state index in [2.05, 4.69) is 80.3 Å². The number of aromatic nitrogens is 1. The van der Waals surface area contributed by atoms with Crippen LogP contribution in [0.25, 0.3) is 0 Å². The fourth-order valence-electron chi connectivity index (χ4n) is 4.69. The SMILES string of the molecule is CCOC(C)(C)[C@]1(CCc2cccs2)CCN(C(C)(C)c2ccc(C)nc2)C1. The van der Waals surface area contributed by atoms with Crippen molar-refractivity contribution in [2.75, 3.05) is 19.7 Å². The van der Waals surface area contributed by atoms with Gasteiger partial charge < -0.3 is 4.74 Å². The maximum absolute atomic E-state index is 6.33. The van der Waals surface area contributed by atoms with Gasteiger partial charge >= 0.3 is 0 Å². The lowest BCUT2D eigenvalue weighted by molar-refractivity contribution is -0.109. The Morgan fingerprint density at radius 1 is 1.21 bits per heavy atom. The van der Waals surface area contributed by atoms with Gasteiger partial charge in [0.15, 0.2) is 0 Å². The van der Waals surface area contributed by atoms with Gasteiger partial charge in [-0.3, -0.25) is 9.88 Å². The molecule has 0 spiro atoms. The Kier molecular flexibility index (Phi) is 6.33. The van der Waals surface area contributed by atoms with Crippen LogP contribution in [0, 0.1) is 12.3 Å². The lowest BCUT2D eigenvalue weighted by Crippen LogP contribution is -2.50. The van der Waals surface area contributed by atoms with Gasteiger partial charge in [0.2, 0.25) is 0 Å². The summed E-state index contributed by atoms with van der Waals surface area (Å²) in [5, 5.41) is 2.18. The van der Waals surface area contributed by atoms with Crippen LogP contribution in [0.1, 0.15) is 63.6 Å². The van der Waals surface area contributed by atoms with E-state index in [1.165, 1.54) is 23.3 Å². The van der Waals surface area contributed by atoms with E-state index in [1.54, 1.807) is 0 Å². The van der Waals surface area contributed by atoms with Gasteiger partial charge in [-0.2, -0.15) is 0 Å². The van der Waals surface area contributed by atoms with Crippen LogP contribution in [0.3, 0.4) is 0 Å². The molecule has 0 saturated carbocycles. The summed E-state index contributed by atoms with van der Waals surface area (Å²) in [5.74, 6) is 0. The van der Waals surface area contributed by atoms with Crippen LogP contribution >= 0.6 is 11.3 Å². The minimum Gasteiger partial charge on any atom is -0.375 e. The summed E-state index contributed by atoms with van der Waals surface area (Å²) in [6.07, 6.45) is 5.52. The molecular weight excluding hydrogens is 364 g/mol. The van der Waals surface area contributed by atoms with Crippen LogP contribution in [0.4, 0.5) is 0 Å². The molecule has 1 aliphatic rings. The second-order valence-electron chi connectivity index (χ2n) is 9.22. The van der Waals surface area contributed by atoms with Gasteiger partial charge in [0.05, 0.1) is 5.60 Å². The van der Waals surface area contributed by atoms with Crippen molar-refractivity contribution in [1.29, 1.82) is 0 Å². The van der Waals surface area contributed by atoms with Crippen LogP contribution < -0.4 is 0 Å². The van der Waals surface area contributed by atoms with E-state index < -0.39 is 0 Å². The molecule has 0 unspecified atom stereocenters. The first kappa shape index (κ1) is 21.5. The molecule has 0 bridgehead atoms. The first-order valence-corrected chi connectivity index (χ1v) is 11.4. The molecule has 0 amide bonds. The molecule has 1 fully saturated rings. The van der Waals surface area contributed by atoms with Crippen molar-refractivity contribution >= 4 is 11.3 Å². The largest absolute Gasteiger partial charge is 0.375 e. The molecule has 3 heterocycles. The fourth-order valence-corrected chi connectivity index (χ4v) is 5.40. The summed E-state index contributed by atoms with van der Waals surface area (Å²) in [4.78, 5) is 8.68. The summed E-state index contributed by atoms with van der Waals surface area (Å²) in [6, 6.07) is 8.79. The number of hydrogen-bond donors (Lipinski definition) is 0. The Morgan fingerprint density at radius 3 is 2.61 bits per heavy atom. The highest BCUT2D eigenvalue weighted by Gasteiger charge is 2.52. The third-order valence-corrected chi connectivity index (χ3v) is 7.91. The zero-order valence-electron chi connectivity index (χ0n) is 18.4. The second kappa shape index (κ2) is 8.25. The van der Waals surface area contributed by atoms with Crippen LogP contribution in [-0.2, 0) is 16.7 Å². The minimum atomic E-state index is -0.143. The smallest absolute Gasteiger partial charge is 0.0695 e. The Labute approximate surface area is 175 Å². The molecule has 4 heteroatoms. The summed E-state index contributed by atoms with van der Waals surface area (Å²) in [5.41, 5.74) is 2.34. The van der Waals surface area contributed by atoms with Crippen molar-refractivity contribution in [3.8, 4) is 0 Å². The predicted octanol–water partition coefficient (Wildman–Crippen LogP) is 5.83. The highest BCUT2D eigenvalue weighted by Crippen LogP contribution is 2.49. The van der Waals surface area contributed by atoms with Gasteiger partial charge in [-0.1, -0.05) is 12.1 Å². The van der Waals surface area contributed by atoms with E-state index in [0.717, 1.165) is 31.8 Å². The first-order valence-electron chi connectivity index (χ1n) is 10.5. The molecule has 1 atom stereocenters. The number of nitrogens with zero attached hydrogens (tertiary/aromatic N) is 2. The van der Waals surface area contributed by atoms with E-state index in [9.17, 15) is 0 Å². The zero-order chi connectivity index (χ0) is 20.4. The lowest BCUT2D eigenvalue weighted by Gasteiger charge is -2.46. The number of thiophene rings is 1. The predicted molar refractivity (Wildman–Crippen MR) is 119 cm³/mol. The van der Waals surface area contributed by atoms with Crippen LogP contribution in [0.5, 0.6) is 0 Å². The van der Waals surface area contributed by atoms with E-state index in [1.807, 2.05) is 18.3 Å². The normalized spacial score (nSPS) is 21.4. The molecule has 2 aromatic rings. The van der Waals surface area contributed by atoms with Crippen LogP contribution in [0.2, 0.25) is 0 Å². The lowest BCUT2D eigenvalue weighted by atomic mass is 9.69. The van der Waals surface area contributed by atoms with Crippen LogP contribution in [0.15, 0.2) is 35.8 Å². The summed E-state index contributed by atoms with van der Waals surface area (Å²) in [6.45, 7) is 16.4. The van der Waals surface area contributed by atoms with Gasteiger partial charge in [0.1, 0.15) is 0 Å². The number of hydrogen-bond acceptors (Lipinski definition) is 4. The molecule has 0 N–H and O–H groups in total. The Bertz CT molecular complexity index is 751. The quantitative estimate of drug-likeness (QED) is 0.558. The molecule has 2 aromatic heterocycles. The molecular formula is C24H36N2OS. The fraction of sp³-hybridized carbons (Fsp3) is 0.625. The van der Waals surface area contributed by atoms with Gasteiger partial charge in [-0.05, 0) is 90.4 Å². The molecule has 0 radical (unpaired) electrons. The van der Waals surface area contributed by atoms with E-state index in [0.29, 0.717) is 0 Å². The number of rotatable bonds is 8. The highest BCUT2D eigenvalue weighted by atomic mass is 32.1. The second-order valence-corrected chi connectivity index (χ2v) is 10.3. The Balaban J connectivity index is 1.84. The maximum Gasteiger partial charge on any atom is 0.0695 e. The van der Waals surface area contributed by atoms with Crippen molar-refractivity contribution in [2.45, 2.75) is 71.9 Å². The summed E-state index contributed by atoms with van der Waals surface area (Å²) < 4.78 is 6.33. The van der Waals surface area contributed by atoms with E-state index in [4.69, 9.17) is 4.74 Å². The Morgan fingerprint density at radius 2 is 2.00 bits per heavy atom. The molecule has 1 aliphatic heterocycles.